The maximum absolute atomic E-state index is 11.8. The van der Waals surface area contributed by atoms with Crippen molar-refractivity contribution in [2.75, 3.05) is 11.5 Å². The van der Waals surface area contributed by atoms with E-state index in [0.29, 0.717) is 5.25 Å². The molecule has 4 heterocycles. The number of imidazole rings is 1. The Kier molecular flexibility index (Phi) is 6.74. The molecule has 8 rings (SSSR count). The topological polar surface area (TPSA) is 101 Å². The molecule has 222 valence electrons. The molecule has 2 amide bonds. The maximum Gasteiger partial charge on any atom is 0.315 e. The number of benzene rings is 4. The van der Waals surface area contributed by atoms with Crippen molar-refractivity contribution in [1.82, 2.24) is 25.2 Å². The average Bonchev–Trinajstić information content (AvgIpc) is 3.81. The van der Waals surface area contributed by atoms with Gasteiger partial charge in [0.1, 0.15) is 5.82 Å². The molecule has 3 unspecified atom stereocenters. The Morgan fingerprint density at radius 3 is 2.66 bits per heavy atom. The van der Waals surface area contributed by atoms with Gasteiger partial charge in [-0.3, -0.25) is 0 Å². The van der Waals surface area contributed by atoms with Crippen molar-refractivity contribution in [3.8, 4) is 11.4 Å². The third-order valence-corrected chi connectivity index (χ3v) is 10.8. The number of unbranched alkanes of at least 4 members (excludes halogenated alkanes) is 1. The summed E-state index contributed by atoms with van der Waals surface area (Å²) in [5.41, 5.74) is 12.6. The first-order valence-electron chi connectivity index (χ1n) is 15.7. The van der Waals surface area contributed by atoms with Crippen LogP contribution in [0.25, 0.3) is 60.6 Å². The summed E-state index contributed by atoms with van der Waals surface area (Å²) >= 11 is 1.99. The van der Waals surface area contributed by atoms with Gasteiger partial charge in [-0.05, 0) is 54.7 Å². The largest absolute Gasteiger partial charge is 0.399 e. The third-order valence-electron chi connectivity index (χ3n) is 9.32. The van der Waals surface area contributed by atoms with Crippen molar-refractivity contribution in [3.63, 3.8) is 0 Å². The van der Waals surface area contributed by atoms with E-state index in [1.54, 1.807) is 0 Å². The van der Waals surface area contributed by atoms with Gasteiger partial charge in [0.05, 0.1) is 28.6 Å². The molecule has 4 aromatic carbocycles. The molecule has 0 bridgehead atoms. The molecule has 2 aliphatic heterocycles. The second-order valence-electron chi connectivity index (χ2n) is 12.1. The Hall–Kier alpha value is -4.43. The standard InChI is InChI=1S/C36H36N6OS/c1-2-9-22(10-3-8-15-31-34-29(20-44-31)38-36(43)41-34)42-19-28(25-12-6-7-14-30(25)42)35-39-32-26-13-5-4-11-23(26)24-17-16-21(37)18-27(24)33(32)40-35/h4-7,9,11-14,16-19,29,31,34H,2-3,8,10,15,20,37H2,1H3,(H,39,40)(H2,38,41,43)/b22-9-. The molecule has 2 aromatic heterocycles. The Morgan fingerprint density at radius 2 is 1.80 bits per heavy atom. The number of thioether (sulfide) groups is 1. The van der Waals surface area contributed by atoms with Crippen LogP contribution in [-0.2, 0) is 0 Å². The van der Waals surface area contributed by atoms with Crippen molar-refractivity contribution in [1.29, 1.82) is 0 Å². The summed E-state index contributed by atoms with van der Waals surface area (Å²) in [5.74, 6) is 1.87. The first-order valence-corrected chi connectivity index (χ1v) is 16.7. The SMILES string of the molecule is CC/C=C(/CCCCC1SCC2NC(=O)NC21)n1cc(-c2nc3c4cc(N)ccc4c4ccccc4c3[nH]2)c2ccccc21. The van der Waals surface area contributed by atoms with Crippen LogP contribution in [0.15, 0.2) is 79.0 Å². The highest BCUT2D eigenvalue weighted by Crippen LogP contribution is 2.39. The number of hydrogen-bond donors (Lipinski definition) is 4. The smallest absolute Gasteiger partial charge is 0.315 e. The Morgan fingerprint density at radius 1 is 1.00 bits per heavy atom. The fraction of sp³-hybridized carbons (Fsp3) is 0.278. The van der Waals surface area contributed by atoms with Crippen molar-refractivity contribution in [3.05, 3.63) is 79.0 Å². The van der Waals surface area contributed by atoms with Gasteiger partial charge in [0, 0.05) is 50.3 Å². The van der Waals surface area contributed by atoms with Crippen LogP contribution in [-0.4, -0.2) is 43.7 Å². The molecule has 8 heteroatoms. The first kappa shape index (κ1) is 27.1. The number of anilines is 1. The predicted molar refractivity (Wildman–Crippen MR) is 185 cm³/mol. The third kappa shape index (κ3) is 4.51. The number of carbonyl (C=O) groups is 1. The number of nitrogens with two attached hydrogens (primary N) is 1. The lowest BCUT2D eigenvalue weighted by atomic mass is 9.99. The van der Waals surface area contributed by atoms with Crippen molar-refractivity contribution in [2.24, 2.45) is 0 Å². The second-order valence-corrected chi connectivity index (χ2v) is 13.3. The molecular formula is C36H36N6OS. The summed E-state index contributed by atoms with van der Waals surface area (Å²) < 4.78 is 2.37. The van der Waals surface area contributed by atoms with E-state index in [9.17, 15) is 4.79 Å². The number of nitrogens with zero attached hydrogens (tertiary/aromatic N) is 2. The second kappa shape index (κ2) is 10.9. The van der Waals surface area contributed by atoms with Crippen LogP contribution in [0.4, 0.5) is 10.5 Å². The van der Waals surface area contributed by atoms with Crippen LogP contribution in [0, 0.1) is 0 Å². The van der Waals surface area contributed by atoms with E-state index >= 15 is 0 Å². The zero-order chi connectivity index (χ0) is 29.8. The Bertz CT molecular complexity index is 2090. The molecule has 3 atom stereocenters. The van der Waals surface area contributed by atoms with E-state index < -0.39 is 0 Å². The number of hydrogen-bond acceptors (Lipinski definition) is 4. The van der Waals surface area contributed by atoms with Crippen LogP contribution in [0.1, 0.15) is 39.0 Å². The summed E-state index contributed by atoms with van der Waals surface area (Å²) in [4.78, 5) is 20.8. The Balaban J connectivity index is 1.14. The highest BCUT2D eigenvalue weighted by Gasteiger charge is 2.42. The van der Waals surface area contributed by atoms with Crippen LogP contribution in [0.2, 0.25) is 0 Å². The van der Waals surface area contributed by atoms with Gasteiger partial charge in [-0.1, -0.05) is 68.0 Å². The van der Waals surface area contributed by atoms with Gasteiger partial charge in [0.25, 0.3) is 0 Å². The van der Waals surface area contributed by atoms with Gasteiger partial charge >= 0.3 is 6.03 Å². The number of aromatic amines is 1. The highest BCUT2D eigenvalue weighted by molar-refractivity contribution is 8.00. The average molecular weight is 601 g/mol. The number of nitrogen functional groups attached to an aromatic ring is 1. The van der Waals surface area contributed by atoms with Crippen LogP contribution >= 0.6 is 11.8 Å². The summed E-state index contributed by atoms with van der Waals surface area (Å²) in [5, 5.41) is 12.4. The molecule has 0 saturated carbocycles. The normalized spacial score (nSPS) is 20.2. The zero-order valence-corrected chi connectivity index (χ0v) is 25.6. The van der Waals surface area contributed by atoms with Gasteiger partial charge in [-0.15, -0.1) is 0 Å². The highest BCUT2D eigenvalue weighted by atomic mass is 32.2. The number of rotatable bonds is 8. The fourth-order valence-electron chi connectivity index (χ4n) is 7.28. The molecule has 0 spiro atoms. The lowest BCUT2D eigenvalue weighted by Crippen LogP contribution is -2.36. The zero-order valence-electron chi connectivity index (χ0n) is 24.8. The molecule has 2 fully saturated rings. The number of urea groups is 1. The molecule has 2 saturated heterocycles. The molecular weight excluding hydrogens is 565 g/mol. The summed E-state index contributed by atoms with van der Waals surface area (Å²) in [6, 6.07) is 23.8. The van der Waals surface area contributed by atoms with E-state index in [4.69, 9.17) is 10.7 Å². The van der Waals surface area contributed by atoms with E-state index in [2.05, 4.69) is 94.0 Å². The summed E-state index contributed by atoms with van der Waals surface area (Å²) in [7, 11) is 0. The molecule has 0 aliphatic carbocycles. The monoisotopic (exact) mass is 600 g/mol. The van der Waals surface area contributed by atoms with E-state index in [-0.39, 0.29) is 18.1 Å². The van der Waals surface area contributed by atoms with Gasteiger partial charge in [-0.2, -0.15) is 11.8 Å². The van der Waals surface area contributed by atoms with Crippen molar-refractivity contribution >= 4 is 72.7 Å². The molecule has 5 N–H and O–H groups in total. The molecule has 2 aliphatic rings. The minimum Gasteiger partial charge on any atom is -0.399 e. The van der Waals surface area contributed by atoms with Gasteiger partial charge in [-0.25, -0.2) is 9.78 Å². The quantitative estimate of drug-likeness (QED) is 0.0615. The number of nitrogens with one attached hydrogen (secondary N) is 3. The lowest BCUT2D eigenvalue weighted by Gasteiger charge is -2.17. The summed E-state index contributed by atoms with van der Waals surface area (Å²) in [6.45, 7) is 2.21. The number of H-pyrrole nitrogens is 1. The minimum atomic E-state index is -0.0105. The summed E-state index contributed by atoms with van der Waals surface area (Å²) in [6.07, 6.45) is 9.96. The number of carbonyl (C=O) groups excluding carboxylic acids is 1. The molecule has 7 nitrogen and oxygen atoms in total. The van der Waals surface area contributed by atoms with Crippen LogP contribution in [0.5, 0.6) is 0 Å². The van der Waals surface area contributed by atoms with E-state index in [1.807, 2.05) is 23.9 Å². The minimum absolute atomic E-state index is 0.0105. The van der Waals surface area contributed by atoms with Gasteiger partial charge in [0.15, 0.2) is 0 Å². The van der Waals surface area contributed by atoms with Crippen molar-refractivity contribution < 1.29 is 4.79 Å². The molecule has 6 aromatic rings. The van der Waals surface area contributed by atoms with Crippen molar-refractivity contribution in [2.45, 2.75) is 56.4 Å². The molecule has 44 heavy (non-hydrogen) atoms. The van der Waals surface area contributed by atoms with Crippen LogP contribution < -0.4 is 16.4 Å². The first-order chi connectivity index (χ1) is 21.6. The van der Waals surface area contributed by atoms with Crippen LogP contribution in [0.3, 0.4) is 0 Å². The Labute approximate surface area is 260 Å². The van der Waals surface area contributed by atoms with Gasteiger partial charge in [0.2, 0.25) is 0 Å². The number of amides is 2. The van der Waals surface area contributed by atoms with Gasteiger partial charge < -0.3 is 25.9 Å². The van der Waals surface area contributed by atoms with E-state index in [0.717, 1.165) is 82.1 Å². The molecule has 0 radical (unpaired) electrons. The fourth-order valence-corrected chi connectivity index (χ4v) is 8.82. The maximum atomic E-state index is 11.8. The number of para-hydroxylation sites is 1. The van der Waals surface area contributed by atoms with E-state index in [1.165, 1.54) is 22.0 Å². The number of fused-ring (bicyclic) bond motifs is 8. The number of aromatic nitrogens is 3. The predicted octanol–water partition coefficient (Wildman–Crippen LogP) is 8.05. The number of allylic oxidation sites excluding steroid dienone is 2. The lowest BCUT2D eigenvalue weighted by molar-refractivity contribution is 0.247.